The summed E-state index contributed by atoms with van der Waals surface area (Å²) in [6.45, 7) is 5.62. The number of cyclic esters (lactones) is 1. The van der Waals surface area contributed by atoms with Crippen LogP contribution in [0.25, 0.3) is 0 Å². The number of ether oxygens (including phenoxy) is 1. The first-order valence-corrected chi connectivity index (χ1v) is 10.3. The van der Waals surface area contributed by atoms with Crippen LogP contribution < -0.4 is 9.80 Å². The molecule has 3 heterocycles. The van der Waals surface area contributed by atoms with Gasteiger partial charge in [0.2, 0.25) is 0 Å². The van der Waals surface area contributed by atoms with Gasteiger partial charge in [0.25, 0.3) is 5.91 Å². The predicted molar refractivity (Wildman–Crippen MR) is 119 cm³/mol. The van der Waals surface area contributed by atoms with E-state index in [0.717, 1.165) is 12.3 Å². The Morgan fingerprint density at radius 1 is 1.12 bits per heavy atom. The Bertz CT molecular complexity index is 1020. The molecular formula is C22H24ClF3N4O3. The molecule has 1 aromatic heterocycles. The number of anilines is 2. The minimum Gasteiger partial charge on any atom is -0.447 e. The number of rotatable bonds is 3. The number of pyridine rings is 1. The largest absolute Gasteiger partial charge is 0.447 e. The summed E-state index contributed by atoms with van der Waals surface area (Å²) in [5.74, 6) is 0.367. The average molecular weight is 485 g/mol. The number of hydrogen-bond acceptors (Lipinski definition) is 5. The Labute approximate surface area is 195 Å². The van der Waals surface area contributed by atoms with E-state index in [4.69, 9.17) is 4.74 Å². The normalized spacial score (nSPS) is 18.8. The summed E-state index contributed by atoms with van der Waals surface area (Å²) in [6, 6.07) is 7.84. The summed E-state index contributed by atoms with van der Waals surface area (Å²) in [7, 11) is 0. The van der Waals surface area contributed by atoms with Crippen molar-refractivity contribution >= 4 is 35.9 Å². The number of benzene rings is 1. The van der Waals surface area contributed by atoms with Gasteiger partial charge in [-0.3, -0.25) is 9.69 Å². The van der Waals surface area contributed by atoms with Gasteiger partial charge in [-0.25, -0.2) is 9.78 Å². The molecule has 2 amide bonds. The van der Waals surface area contributed by atoms with Crippen molar-refractivity contribution in [3.8, 4) is 0 Å². The van der Waals surface area contributed by atoms with Gasteiger partial charge in [-0.1, -0.05) is 0 Å². The van der Waals surface area contributed by atoms with E-state index >= 15 is 0 Å². The van der Waals surface area contributed by atoms with Crippen LogP contribution in [0.1, 0.15) is 28.4 Å². The Kier molecular flexibility index (Phi) is 7.06. The summed E-state index contributed by atoms with van der Waals surface area (Å²) >= 11 is 0. The molecule has 2 saturated heterocycles. The zero-order valence-electron chi connectivity index (χ0n) is 18.1. The second-order valence-corrected chi connectivity index (χ2v) is 7.98. The van der Waals surface area contributed by atoms with Crippen molar-refractivity contribution in [2.45, 2.75) is 26.1 Å². The Balaban J connectivity index is 0.00000306. The molecule has 0 aliphatic carbocycles. The molecule has 1 atom stereocenters. The van der Waals surface area contributed by atoms with Crippen LogP contribution in [0, 0.1) is 6.92 Å². The smallest absolute Gasteiger partial charge is 0.417 e. The number of hydrogen-bond donors (Lipinski definition) is 0. The quantitative estimate of drug-likeness (QED) is 0.655. The number of aryl methyl sites for hydroxylation is 1. The minimum absolute atomic E-state index is 0. The molecule has 2 aromatic rings. The van der Waals surface area contributed by atoms with Crippen LogP contribution in [0.4, 0.5) is 29.5 Å². The Morgan fingerprint density at radius 2 is 1.76 bits per heavy atom. The van der Waals surface area contributed by atoms with Gasteiger partial charge in [0.15, 0.2) is 0 Å². The molecular weight excluding hydrogens is 461 g/mol. The first-order chi connectivity index (χ1) is 15.1. The molecule has 1 aromatic carbocycles. The number of piperazine rings is 1. The van der Waals surface area contributed by atoms with Crippen LogP contribution in [0.2, 0.25) is 0 Å². The van der Waals surface area contributed by atoms with E-state index in [9.17, 15) is 22.8 Å². The van der Waals surface area contributed by atoms with Crippen molar-refractivity contribution < 1.29 is 27.5 Å². The van der Waals surface area contributed by atoms with Crippen molar-refractivity contribution in [2.24, 2.45) is 0 Å². The fourth-order valence-electron chi connectivity index (χ4n) is 4.00. The number of amides is 2. The highest BCUT2D eigenvalue weighted by Crippen LogP contribution is 2.31. The van der Waals surface area contributed by atoms with Gasteiger partial charge in [-0.05, 0) is 49.7 Å². The van der Waals surface area contributed by atoms with E-state index in [1.165, 1.54) is 0 Å². The van der Waals surface area contributed by atoms with Crippen LogP contribution >= 0.6 is 12.4 Å². The van der Waals surface area contributed by atoms with Gasteiger partial charge in [0, 0.05) is 43.6 Å². The van der Waals surface area contributed by atoms with Gasteiger partial charge in [0.05, 0.1) is 11.6 Å². The number of halogens is 4. The van der Waals surface area contributed by atoms with E-state index in [0.29, 0.717) is 55.4 Å². The van der Waals surface area contributed by atoms with Crippen molar-refractivity contribution in [1.29, 1.82) is 0 Å². The summed E-state index contributed by atoms with van der Waals surface area (Å²) in [6.07, 6.45) is -3.98. The van der Waals surface area contributed by atoms with Gasteiger partial charge >= 0.3 is 12.3 Å². The molecule has 0 saturated carbocycles. The van der Waals surface area contributed by atoms with E-state index < -0.39 is 17.8 Å². The van der Waals surface area contributed by atoms with Crippen LogP contribution in [0.3, 0.4) is 0 Å². The SMILES string of the molecule is Cc1cc(C(F)(F)F)cnc1N1CCN(C(=O)c2ccc(N3C(=O)OC[C@H]3C)cc2)CC1.Cl. The third-order valence-electron chi connectivity index (χ3n) is 5.72. The van der Waals surface area contributed by atoms with E-state index in [-0.39, 0.29) is 24.4 Å². The van der Waals surface area contributed by atoms with Crippen molar-refractivity contribution in [2.75, 3.05) is 42.6 Å². The third-order valence-corrected chi connectivity index (χ3v) is 5.72. The van der Waals surface area contributed by atoms with Gasteiger partial charge in [-0.2, -0.15) is 13.2 Å². The molecule has 0 bridgehead atoms. The zero-order valence-corrected chi connectivity index (χ0v) is 18.9. The standard InChI is InChI=1S/C22H23F3N4O3.ClH/c1-14-11-17(22(23,24)25)12-26-19(14)27-7-9-28(10-8-27)20(30)16-3-5-18(6-4-16)29-15(2)13-32-21(29)31;/h3-6,11-12,15H,7-10,13H2,1-2H3;1H/t15-;/m1./s1. The molecule has 7 nitrogen and oxygen atoms in total. The maximum atomic E-state index is 12.9. The second-order valence-electron chi connectivity index (χ2n) is 7.98. The lowest BCUT2D eigenvalue weighted by Crippen LogP contribution is -2.49. The van der Waals surface area contributed by atoms with Gasteiger partial charge in [0.1, 0.15) is 12.4 Å². The average Bonchev–Trinajstić information content (AvgIpc) is 3.11. The topological polar surface area (TPSA) is 66.0 Å². The monoisotopic (exact) mass is 484 g/mol. The van der Waals surface area contributed by atoms with Crippen molar-refractivity contribution in [1.82, 2.24) is 9.88 Å². The molecule has 178 valence electrons. The van der Waals surface area contributed by atoms with Crippen LogP contribution in [-0.4, -0.2) is 60.7 Å². The fraction of sp³-hybridized carbons (Fsp3) is 0.409. The highest BCUT2D eigenvalue weighted by molar-refractivity contribution is 5.96. The molecule has 2 fully saturated rings. The summed E-state index contributed by atoms with van der Waals surface area (Å²) in [4.78, 5) is 33.9. The van der Waals surface area contributed by atoms with Gasteiger partial charge < -0.3 is 14.5 Å². The zero-order chi connectivity index (χ0) is 23.0. The molecule has 0 spiro atoms. The fourth-order valence-corrected chi connectivity index (χ4v) is 4.00. The minimum atomic E-state index is -4.43. The first kappa shape index (κ1) is 24.6. The predicted octanol–water partition coefficient (Wildman–Crippen LogP) is 4.14. The van der Waals surface area contributed by atoms with Crippen molar-refractivity contribution in [3.63, 3.8) is 0 Å². The molecule has 0 unspecified atom stereocenters. The number of carbonyl (C=O) groups is 2. The molecule has 0 radical (unpaired) electrons. The third kappa shape index (κ3) is 5.00. The molecule has 33 heavy (non-hydrogen) atoms. The first-order valence-electron chi connectivity index (χ1n) is 10.3. The van der Waals surface area contributed by atoms with Crippen LogP contribution in [0.5, 0.6) is 0 Å². The summed E-state index contributed by atoms with van der Waals surface area (Å²) < 4.78 is 43.6. The van der Waals surface area contributed by atoms with Gasteiger partial charge in [-0.15, -0.1) is 12.4 Å². The lowest BCUT2D eigenvalue weighted by molar-refractivity contribution is -0.137. The highest BCUT2D eigenvalue weighted by atomic mass is 35.5. The second kappa shape index (κ2) is 9.46. The van der Waals surface area contributed by atoms with E-state index in [1.807, 2.05) is 11.8 Å². The number of alkyl halides is 3. The number of aromatic nitrogens is 1. The molecule has 2 aliphatic rings. The number of nitrogens with zero attached hydrogens (tertiary/aromatic N) is 4. The van der Waals surface area contributed by atoms with Crippen molar-refractivity contribution in [3.05, 3.63) is 53.2 Å². The Morgan fingerprint density at radius 3 is 2.27 bits per heavy atom. The molecule has 0 N–H and O–H groups in total. The van der Waals surface area contributed by atoms with Crippen LogP contribution in [0.15, 0.2) is 36.5 Å². The maximum absolute atomic E-state index is 12.9. The van der Waals surface area contributed by atoms with E-state index in [2.05, 4.69) is 4.98 Å². The maximum Gasteiger partial charge on any atom is 0.417 e. The lowest BCUT2D eigenvalue weighted by atomic mass is 10.1. The van der Waals surface area contributed by atoms with Crippen LogP contribution in [-0.2, 0) is 10.9 Å². The number of carbonyl (C=O) groups excluding carboxylic acids is 2. The summed E-state index contributed by atoms with van der Waals surface area (Å²) in [5, 5.41) is 0. The highest BCUT2D eigenvalue weighted by Gasteiger charge is 2.33. The lowest BCUT2D eigenvalue weighted by Gasteiger charge is -2.36. The molecule has 2 aliphatic heterocycles. The molecule has 11 heteroatoms. The Hall–Kier alpha value is -3.01. The summed E-state index contributed by atoms with van der Waals surface area (Å²) in [5.41, 5.74) is 0.855. The van der Waals surface area contributed by atoms with E-state index in [1.54, 1.807) is 41.0 Å². The molecule has 4 rings (SSSR count).